The molecule has 1 heterocycles. The van der Waals surface area contributed by atoms with Crippen LogP contribution < -0.4 is 5.32 Å². The van der Waals surface area contributed by atoms with Gasteiger partial charge in [0.25, 0.3) is 0 Å². The number of pyridine rings is 1. The molecule has 0 aliphatic rings. The largest absolute Gasteiger partial charge is 0.339 e. The van der Waals surface area contributed by atoms with Crippen molar-refractivity contribution in [1.29, 1.82) is 5.26 Å². The summed E-state index contributed by atoms with van der Waals surface area (Å²) in [4.78, 5) is 4.55. The number of anilines is 2. The molecule has 0 aliphatic carbocycles. The average molecular weight is 338 g/mol. The van der Waals surface area contributed by atoms with Gasteiger partial charge >= 0.3 is 0 Å². The van der Waals surface area contributed by atoms with Crippen molar-refractivity contribution in [2.45, 2.75) is 6.92 Å². The van der Waals surface area contributed by atoms with Crippen LogP contribution in [-0.2, 0) is 0 Å². The predicted molar refractivity (Wildman–Crippen MR) is 88.6 cm³/mol. The lowest BCUT2D eigenvalue weighted by atomic mass is 10.1. The van der Waals surface area contributed by atoms with E-state index in [0.717, 1.165) is 26.6 Å². The van der Waals surface area contributed by atoms with Crippen LogP contribution in [0.2, 0.25) is 0 Å². The van der Waals surface area contributed by atoms with Crippen LogP contribution in [0.3, 0.4) is 0 Å². The number of hydrogen-bond acceptors (Lipinski definition) is 3. The normalized spacial score (nSPS) is 10.3. The Labute approximate surface area is 131 Å². The van der Waals surface area contributed by atoms with Crippen LogP contribution in [0.4, 0.5) is 11.5 Å². The second-order valence-electron chi connectivity index (χ2n) is 4.83. The molecule has 102 valence electrons. The molecule has 1 aromatic heterocycles. The van der Waals surface area contributed by atoms with Gasteiger partial charge in [0, 0.05) is 15.5 Å². The van der Waals surface area contributed by atoms with Gasteiger partial charge < -0.3 is 5.32 Å². The molecule has 0 unspecified atom stereocenters. The van der Waals surface area contributed by atoms with E-state index in [2.05, 4.69) is 32.3 Å². The molecular formula is C17H12BrN3. The van der Waals surface area contributed by atoms with Crippen LogP contribution in [0, 0.1) is 18.3 Å². The van der Waals surface area contributed by atoms with Crippen molar-refractivity contribution in [2.75, 3.05) is 5.32 Å². The van der Waals surface area contributed by atoms with E-state index in [4.69, 9.17) is 0 Å². The molecule has 3 aromatic rings. The number of rotatable bonds is 2. The molecule has 2 aromatic carbocycles. The number of benzene rings is 2. The van der Waals surface area contributed by atoms with Gasteiger partial charge in [-0.3, -0.25) is 0 Å². The molecule has 0 bridgehead atoms. The first-order valence-corrected chi connectivity index (χ1v) is 7.29. The van der Waals surface area contributed by atoms with Crippen LogP contribution >= 0.6 is 15.9 Å². The Morgan fingerprint density at radius 1 is 1.14 bits per heavy atom. The SMILES string of the molecule is Cc1cc(Br)cc(Nc2nc3ccccc3cc2C#N)c1. The summed E-state index contributed by atoms with van der Waals surface area (Å²) in [5, 5.41) is 13.5. The quantitative estimate of drug-likeness (QED) is 0.721. The summed E-state index contributed by atoms with van der Waals surface area (Å²) in [5.41, 5.74) is 3.43. The first-order valence-electron chi connectivity index (χ1n) is 6.50. The van der Waals surface area contributed by atoms with Crippen molar-refractivity contribution in [2.24, 2.45) is 0 Å². The van der Waals surface area contributed by atoms with Gasteiger partial charge in [0.2, 0.25) is 0 Å². The van der Waals surface area contributed by atoms with Crippen LogP contribution in [0.5, 0.6) is 0 Å². The van der Waals surface area contributed by atoms with Crippen molar-refractivity contribution in [3.8, 4) is 6.07 Å². The summed E-state index contributed by atoms with van der Waals surface area (Å²) < 4.78 is 0.990. The average Bonchev–Trinajstić information content (AvgIpc) is 2.45. The molecule has 3 nitrogen and oxygen atoms in total. The highest BCUT2D eigenvalue weighted by atomic mass is 79.9. The number of para-hydroxylation sites is 1. The first-order chi connectivity index (χ1) is 10.2. The summed E-state index contributed by atoms with van der Waals surface area (Å²) in [7, 11) is 0. The molecule has 0 atom stereocenters. The number of hydrogen-bond donors (Lipinski definition) is 1. The summed E-state index contributed by atoms with van der Waals surface area (Å²) in [6.07, 6.45) is 0. The van der Waals surface area contributed by atoms with Crippen LogP contribution in [-0.4, -0.2) is 4.98 Å². The van der Waals surface area contributed by atoms with Crippen LogP contribution in [0.15, 0.2) is 53.0 Å². The number of halogens is 1. The molecule has 0 radical (unpaired) electrons. The monoisotopic (exact) mass is 337 g/mol. The van der Waals surface area contributed by atoms with E-state index in [1.54, 1.807) is 0 Å². The summed E-state index contributed by atoms with van der Waals surface area (Å²) >= 11 is 3.48. The Morgan fingerprint density at radius 2 is 1.95 bits per heavy atom. The minimum Gasteiger partial charge on any atom is -0.339 e. The minimum atomic E-state index is 0.534. The van der Waals surface area contributed by atoms with E-state index in [1.807, 2.05) is 55.5 Å². The topological polar surface area (TPSA) is 48.7 Å². The number of nitrogens with zero attached hydrogens (tertiary/aromatic N) is 2. The smallest absolute Gasteiger partial charge is 0.149 e. The Balaban J connectivity index is 2.09. The lowest BCUT2D eigenvalue weighted by Crippen LogP contribution is -1.98. The van der Waals surface area contributed by atoms with E-state index >= 15 is 0 Å². The second kappa shape index (κ2) is 5.55. The fourth-order valence-corrected chi connectivity index (χ4v) is 2.85. The molecule has 1 N–H and O–H groups in total. The molecule has 0 amide bonds. The molecule has 0 aliphatic heterocycles. The fourth-order valence-electron chi connectivity index (χ4n) is 2.24. The Bertz CT molecular complexity index is 845. The number of nitrogens with one attached hydrogen (secondary N) is 1. The van der Waals surface area contributed by atoms with Gasteiger partial charge in [-0.2, -0.15) is 5.26 Å². The van der Waals surface area contributed by atoms with Crippen LogP contribution in [0.1, 0.15) is 11.1 Å². The maximum absolute atomic E-state index is 9.33. The summed E-state index contributed by atoms with van der Waals surface area (Å²) in [5.74, 6) is 0.578. The van der Waals surface area contributed by atoms with Gasteiger partial charge in [-0.25, -0.2) is 4.98 Å². The van der Waals surface area contributed by atoms with Gasteiger partial charge in [0.15, 0.2) is 0 Å². The molecule has 4 heteroatoms. The molecular weight excluding hydrogens is 326 g/mol. The van der Waals surface area contributed by atoms with Gasteiger partial charge in [-0.05, 0) is 42.8 Å². The Kier molecular flexibility index (Phi) is 3.59. The van der Waals surface area contributed by atoms with Crippen molar-refractivity contribution < 1.29 is 0 Å². The Morgan fingerprint density at radius 3 is 2.71 bits per heavy atom. The van der Waals surface area contributed by atoms with Crippen molar-refractivity contribution in [3.63, 3.8) is 0 Å². The van der Waals surface area contributed by atoms with E-state index in [0.29, 0.717) is 11.4 Å². The van der Waals surface area contributed by atoms with Crippen molar-refractivity contribution in [3.05, 3.63) is 64.1 Å². The van der Waals surface area contributed by atoms with Gasteiger partial charge in [-0.15, -0.1) is 0 Å². The summed E-state index contributed by atoms with van der Waals surface area (Å²) in [6.45, 7) is 2.02. The number of fused-ring (bicyclic) bond motifs is 1. The zero-order valence-corrected chi connectivity index (χ0v) is 13.0. The molecule has 0 saturated carbocycles. The Hall–Kier alpha value is -2.38. The zero-order valence-electron chi connectivity index (χ0n) is 11.4. The zero-order chi connectivity index (χ0) is 14.8. The van der Waals surface area contributed by atoms with Gasteiger partial charge in [-0.1, -0.05) is 34.1 Å². The third-order valence-electron chi connectivity index (χ3n) is 3.15. The van der Waals surface area contributed by atoms with Crippen LogP contribution in [0.25, 0.3) is 10.9 Å². The number of nitriles is 1. The molecule has 21 heavy (non-hydrogen) atoms. The summed E-state index contributed by atoms with van der Waals surface area (Å²) in [6, 6.07) is 17.8. The second-order valence-corrected chi connectivity index (χ2v) is 5.75. The molecule has 3 rings (SSSR count). The lowest BCUT2D eigenvalue weighted by Gasteiger charge is -2.10. The van der Waals surface area contributed by atoms with Gasteiger partial charge in [0.05, 0.1) is 11.1 Å². The lowest BCUT2D eigenvalue weighted by molar-refractivity contribution is 1.33. The maximum atomic E-state index is 9.33. The highest BCUT2D eigenvalue weighted by Crippen LogP contribution is 2.25. The third-order valence-corrected chi connectivity index (χ3v) is 3.61. The first kappa shape index (κ1) is 13.6. The van der Waals surface area contributed by atoms with Gasteiger partial charge in [0.1, 0.15) is 11.9 Å². The number of aryl methyl sites for hydroxylation is 1. The maximum Gasteiger partial charge on any atom is 0.149 e. The predicted octanol–water partition coefficient (Wildman–Crippen LogP) is 4.92. The van der Waals surface area contributed by atoms with E-state index in [9.17, 15) is 5.26 Å². The highest BCUT2D eigenvalue weighted by molar-refractivity contribution is 9.10. The highest BCUT2D eigenvalue weighted by Gasteiger charge is 2.07. The van der Waals surface area contributed by atoms with E-state index < -0.39 is 0 Å². The van der Waals surface area contributed by atoms with E-state index in [-0.39, 0.29) is 0 Å². The fraction of sp³-hybridized carbons (Fsp3) is 0.0588. The van der Waals surface area contributed by atoms with E-state index in [1.165, 1.54) is 0 Å². The number of aromatic nitrogens is 1. The standard InChI is InChI=1S/C17H12BrN3/c1-11-6-14(18)9-15(7-11)20-17-13(10-19)8-12-4-2-3-5-16(12)21-17/h2-9H,1H3,(H,20,21). The molecule has 0 spiro atoms. The van der Waals surface area contributed by atoms with Crippen molar-refractivity contribution >= 4 is 38.3 Å². The van der Waals surface area contributed by atoms with Crippen molar-refractivity contribution in [1.82, 2.24) is 4.98 Å². The molecule has 0 fully saturated rings. The third kappa shape index (κ3) is 2.88. The molecule has 0 saturated heterocycles. The minimum absolute atomic E-state index is 0.534.